The van der Waals surface area contributed by atoms with Crippen LogP contribution in [0.15, 0.2) is 24.3 Å². The van der Waals surface area contributed by atoms with Gasteiger partial charge in [-0.3, -0.25) is 4.68 Å². The largest absolute Gasteiger partial charge is 0.379 e. The van der Waals surface area contributed by atoms with Crippen LogP contribution < -0.4 is 5.32 Å². The highest BCUT2D eigenvalue weighted by Crippen LogP contribution is 2.25. The van der Waals surface area contributed by atoms with Crippen LogP contribution in [-0.4, -0.2) is 9.78 Å². The second-order valence-electron chi connectivity index (χ2n) is 4.08. The summed E-state index contributed by atoms with van der Waals surface area (Å²) in [5.41, 5.74) is 3.13. The molecule has 0 saturated carbocycles. The van der Waals surface area contributed by atoms with E-state index in [1.54, 1.807) is 6.07 Å². The van der Waals surface area contributed by atoms with E-state index in [-0.39, 0.29) is 0 Å². The Hall–Kier alpha value is -1.19. The molecule has 2 rings (SSSR count). The Morgan fingerprint density at radius 2 is 2.00 bits per heavy atom. The molecule has 0 spiro atoms. The summed E-state index contributed by atoms with van der Waals surface area (Å²) in [6.07, 6.45) is 0. The van der Waals surface area contributed by atoms with E-state index < -0.39 is 0 Å². The number of nitrogens with one attached hydrogen (secondary N) is 1. The lowest BCUT2D eigenvalue weighted by molar-refractivity contribution is 0.623. The van der Waals surface area contributed by atoms with Crippen LogP contribution in [-0.2, 0) is 13.1 Å². The second-order valence-corrected chi connectivity index (χ2v) is 4.89. The van der Waals surface area contributed by atoms with Gasteiger partial charge in [-0.05, 0) is 38.1 Å². The van der Waals surface area contributed by atoms with Crippen LogP contribution in [0.4, 0.5) is 5.69 Å². The van der Waals surface area contributed by atoms with E-state index in [9.17, 15) is 0 Å². The summed E-state index contributed by atoms with van der Waals surface area (Å²) in [4.78, 5) is 0. The molecule has 5 heteroatoms. The molecule has 0 radical (unpaired) electrons. The summed E-state index contributed by atoms with van der Waals surface area (Å²) in [6.45, 7) is 5.66. The summed E-state index contributed by atoms with van der Waals surface area (Å²) in [7, 11) is 0. The molecule has 18 heavy (non-hydrogen) atoms. The molecule has 1 aromatic heterocycles. The number of nitrogens with zero attached hydrogens (tertiary/aromatic N) is 2. The fourth-order valence-electron chi connectivity index (χ4n) is 1.81. The minimum atomic E-state index is 0.557. The van der Waals surface area contributed by atoms with Crippen LogP contribution in [0.1, 0.15) is 18.3 Å². The van der Waals surface area contributed by atoms with Crippen LogP contribution >= 0.6 is 23.2 Å². The third kappa shape index (κ3) is 2.98. The Labute approximate surface area is 117 Å². The quantitative estimate of drug-likeness (QED) is 0.914. The van der Waals surface area contributed by atoms with Gasteiger partial charge in [-0.2, -0.15) is 5.10 Å². The zero-order valence-electron chi connectivity index (χ0n) is 10.4. The lowest BCUT2D eigenvalue weighted by Crippen LogP contribution is -2.07. The van der Waals surface area contributed by atoms with E-state index in [0.29, 0.717) is 16.6 Å². The molecule has 0 atom stereocenters. The van der Waals surface area contributed by atoms with Gasteiger partial charge in [0, 0.05) is 12.2 Å². The minimum absolute atomic E-state index is 0.557. The number of aryl methyl sites for hydroxylation is 2. The number of halogens is 2. The molecule has 0 aliphatic heterocycles. The van der Waals surface area contributed by atoms with Crippen LogP contribution in [0.25, 0.3) is 0 Å². The van der Waals surface area contributed by atoms with Crippen molar-refractivity contribution in [1.29, 1.82) is 0 Å². The molecule has 1 N–H and O–H groups in total. The number of aromatic nitrogens is 2. The zero-order chi connectivity index (χ0) is 13.1. The molecule has 0 bridgehead atoms. The fraction of sp³-hybridized carbons (Fsp3) is 0.308. The average molecular weight is 284 g/mol. The first-order valence-electron chi connectivity index (χ1n) is 5.82. The molecule has 1 heterocycles. The monoisotopic (exact) mass is 283 g/mol. The normalized spacial score (nSPS) is 10.7. The first kappa shape index (κ1) is 13.2. The van der Waals surface area contributed by atoms with E-state index in [0.717, 1.165) is 23.6 Å². The van der Waals surface area contributed by atoms with Crippen molar-refractivity contribution >= 4 is 28.9 Å². The van der Waals surface area contributed by atoms with Crippen molar-refractivity contribution in [1.82, 2.24) is 9.78 Å². The molecule has 0 unspecified atom stereocenters. The highest BCUT2D eigenvalue weighted by Gasteiger charge is 2.04. The Bertz CT molecular complexity index is 549. The van der Waals surface area contributed by atoms with Crippen LogP contribution in [0.3, 0.4) is 0 Å². The lowest BCUT2D eigenvalue weighted by Gasteiger charge is -2.08. The topological polar surface area (TPSA) is 29.9 Å². The van der Waals surface area contributed by atoms with Crippen molar-refractivity contribution in [2.45, 2.75) is 26.9 Å². The smallest absolute Gasteiger partial charge is 0.0612 e. The van der Waals surface area contributed by atoms with Crippen molar-refractivity contribution < 1.29 is 0 Å². The summed E-state index contributed by atoms with van der Waals surface area (Å²) in [5.74, 6) is 0. The summed E-state index contributed by atoms with van der Waals surface area (Å²) < 4.78 is 1.99. The SMILES string of the molecule is CCn1nc(C)cc1CNc1ccc(Cl)c(Cl)c1. The maximum absolute atomic E-state index is 5.97. The van der Waals surface area contributed by atoms with Crippen molar-refractivity contribution in [2.75, 3.05) is 5.32 Å². The fourth-order valence-corrected chi connectivity index (χ4v) is 2.11. The Balaban J connectivity index is 2.08. The highest BCUT2D eigenvalue weighted by atomic mass is 35.5. The summed E-state index contributed by atoms with van der Waals surface area (Å²) in [6, 6.07) is 7.60. The van der Waals surface area contributed by atoms with Crippen molar-refractivity contribution in [3.63, 3.8) is 0 Å². The average Bonchev–Trinajstić information content (AvgIpc) is 2.71. The van der Waals surface area contributed by atoms with Crippen molar-refractivity contribution in [2.24, 2.45) is 0 Å². The van der Waals surface area contributed by atoms with Crippen LogP contribution in [0, 0.1) is 6.92 Å². The molecule has 2 aromatic rings. The second kappa shape index (κ2) is 5.63. The zero-order valence-corrected chi connectivity index (χ0v) is 11.9. The van der Waals surface area contributed by atoms with E-state index >= 15 is 0 Å². The van der Waals surface area contributed by atoms with Gasteiger partial charge in [-0.25, -0.2) is 0 Å². The molecule has 0 fully saturated rings. The van der Waals surface area contributed by atoms with Crippen LogP contribution in [0.5, 0.6) is 0 Å². The summed E-state index contributed by atoms with van der Waals surface area (Å²) >= 11 is 11.8. The third-order valence-corrected chi connectivity index (χ3v) is 3.42. The standard InChI is InChI=1S/C13H15Cl2N3/c1-3-18-11(6-9(2)17-18)8-16-10-4-5-12(14)13(15)7-10/h4-7,16H,3,8H2,1-2H3. The van der Waals surface area contributed by atoms with Crippen molar-refractivity contribution in [3.8, 4) is 0 Å². The van der Waals surface area contributed by atoms with Crippen LogP contribution in [0.2, 0.25) is 10.0 Å². The van der Waals surface area contributed by atoms with E-state index in [1.807, 2.05) is 23.7 Å². The van der Waals surface area contributed by atoms with Gasteiger partial charge >= 0.3 is 0 Å². The molecule has 0 amide bonds. The van der Waals surface area contributed by atoms with E-state index in [2.05, 4.69) is 23.4 Å². The minimum Gasteiger partial charge on any atom is -0.379 e. The first-order chi connectivity index (χ1) is 8.60. The Kier molecular flexibility index (Phi) is 4.15. The molecule has 0 aliphatic rings. The van der Waals surface area contributed by atoms with Gasteiger partial charge in [0.05, 0.1) is 28.0 Å². The van der Waals surface area contributed by atoms with Gasteiger partial charge in [-0.15, -0.1) is 0 Å². The molecular weight excluding hydrogens is 269 g/mol. The number of hydrogen-bond donors (Lipinski definition) is 1. The molecule has 0 aliphatic carbocycles. The lowest BCUT2D eigenvalue weighted by atomic mass is 10.3. The molecule has 0 saturated heterocycles. The predicted molar refractivity (Wildman–Crippen MR) is 76.4 cm³/mol. The maximum Gasteiger partial charge on any atom is 0.0612 e. The first-order valence-corrected chi connectivity index (χ1v) is 6.58. The number of anilines is 1. The molecule has 3 nitrogen and oxygen atoms in total. The molecule has 1 aromatic carbocycles. The number of benzene rings is 1. The highest BCUT2D eigenvalue weighted by molar-refractivity contribution is 6.42. The number of rotatable bonds is 4. The third-order valence-electron chi connectivity index (χ3n) is 2.68. The van der Waals surface area contributed by atoms with Gasteiger partial charge < -0.3 is 5.32 Å². The summed E-state index contributed by atoms with van der Waals surface area (Å²) in [5, 5.41) is 8.84. The van der Waals surface area contributed by atoms with Crippen molar-refractivity contribution in [3.05, 3.63) is 45.7 Å². The van der Waals surface area contributed by atoms with Gasteiger partial charge in [0.15, 0.2) is 0 Å². The molecule has 96 valence electrons. The van der Waals surface area contributed by atoms with Gasteiger partial charge in [0.1, 0.15) is 0 Å². The van der Waals surface area contributed by atoms with Gasteiger partial charge in [0.2, 0.25) is 0 Å². The predicted octanol–water partition coefficient (Wildman–Crippen LogP) is 4.13. The number of hydrogen-bond acceptors (Lipinski definition) is 2. The van der Waals surface area contributed by atoms with Gasteiger partial charge in [-0.1, -0.05) is 23.2 Å². The Morgan fingerprint density at radius 3 is 2.67 bits per heavy atom. The van der Waals surface area contributed by atoms with E-state index in [1.165, 1.54) is 0 Å². The molecular formula is C13H15Cl2N3. The Morgan fingerprint density at radius 1 is 1.22 bits per heavy atom. The maximum atomic E-state index is 5.97. The van der Waals surface area contributed by atoms with E-state index in [4.69, 9.17) is 23.2 Å². The van der Waals surface area contributed by atoms with Gasteiger partial charge in [0.25, 0.3) is 0 Å².